The first-order chi connectivity index (χ1) is 17.3. The highest BCUT2D eigenvalue weighted by atomic mass is 19.4. The lowest BCUT2D eigenvalue weighted by Crippen LogP contribution is -2.49. The molecule has 3 aromatic rings. The van der Waals surface area contributed by atoms with Crippen molar-refractivity contribution >= 4 is 5.71 Å². The fourth-order valence-electron chi connectivity index (χ4n) is 5.38. The molecule has 2 aliphatic rings. The molecule has 3 aromatic carbocycles. The van der Waals surface area contributed by atoms with Gasteiger partial charge in [-0.25, -0.2) is 8.78 Å². The summed E-state index contributed by atoms with van der Waals surface area (Å²) in [6.45, 7) is 0.455. The molecule has 0 spiro atoms. The average molecular weight is 501 g/mol. The van der Waals surface area contributed by atoms with Crippen LogP contribution in [0.2, 0.25) is 0 Å². The van der Waals surface area contributed by atoms with Crippen molar-refractivity contribution in [3.05, 3.63) is 101 Å². The number of benzene rings is 3. The van der Waals surface area contributed by atoms with Crippen LogP contribution in [0.15, 0.2) is 71.9 Å². The molecule has 1 aliphatic carbocycles. The molecule has 0 radical (unpaired) electrons. The fourth-order valence-corrected chi connectivity index (χ4v) is 5.38. The zero-order valence-electron chi connectivity index (χ0n) is 19.3. The van der Waals surface area contributed by atoms with Gasteiger partial charge in [-0.2, -0.15) is 13.2 Å². The molecule has 0 aromatic heterocycles. The molecule has 36 heavy (non-hydrogen) atoms. The zero-order valence-corrected chi connectivity index (χ0v) is 19.3. The first kappa shape index (κ1) is 24.3. The molecular weight excluding hydrogens is 477 g/mol. The Balaban J connectivity index is 1.44. The van der Waals surface area contributed by atoms with Crippen LogP contribution in [0, 0.1) is 17.6 Å². The molecule has 1 saturated carbocycles. The highest BCUT2D eigenvalue weighted by Gasteiger charge is 2.50. The van der Waals surface area contributed by atoms with Crippen LogP contribution in [-0.2, 0) is 29.5 Å². The molecule has 0 saturated heterocycles. The van der Waals surface area contributed by atoms with Crippen molar-refractivity contribution in [3.8, 4) is 5.75 Å². The van der Waals surface area contributed by atoms with Crippen molar-refractivity contribution in [2.24, 2.45) is 11.1 Å². The number of oxime groups is 1. The Hall–Kier alpha value is -3.42. The van der Waals surface area contributed by atoms with E-state index < -0.39 is 28.8 Å². The molecule has 0 amide bonds. The normalized spacial score (nSPS) is 22.5. The third kappa shape index (κ3) is 4.68. The summed E-state index contributed by atoms with van der Waals surface area (Å²) >= 11 is 0. The molecule has 1 aliphatic heterocycles. The zero-order chi connectivity index (χ0) is 25.3. The predicted octanol–water partition coefficient (Wildman–Crippen LogP) is 7.23. The molecule has 188 valence electrons. The number of rotatable bonds is 5. The number of nitrogens with zero attached hydrogens (tertiary/aromatic N) is 1. The van der Waals surface area contributed by atoms with E-state index >= 15 is 4.39 Å². The highest BCUT2D eigenvalue weighted by molar-refractivity contribution is 5.85. The topological polar surface area (TPSA) is 30.8 Å². The summed E-state index contributed by atoms with van der Waals surface area (Å²) in [6.07, 6.45) is -2.82. The third-order valence-electron chi connectivity index (χ3n) is 7.18. The number of hydrogen-bond acceptors (Lipinski definition) is 3. The summed E-state index contributed by atoms with van der Waals surface area (Å²) in [4.78, 5) is 5.55. The van der Waals surface area contributed by atoms with Gasteiger partial charge >= 0.3 is 6.18 Å². The van der Waals surface area contributed by atoms with E-state index in [0.29, 0.717) is 31.4 Å². The van der Waals surface area contributed by atoms with Gasteiger partial charge in [0.2, 0.25) is 0 Å². The number of alkyl halides is 3. The van der Waals surface area contributed by atoms with E-state index in [1.165, 1.54) is 12.1 Å². The summed E-state index contributed by atoms with van der Waals surface area (Å²) in [5.41, 5.74) is 0.939. The van der Waals surface area contributed by atoms with Crippen LogP contribution in [0.25, 0.3) is 0 Å². The Morgan fingerprint density at radius 3 is 2.36 bits per heavy atom. The maximum atomic E-state index is 15.2. The molecule has 5 rings (SSSR count). The second-order valence-electron chi connectivity index (χ2n) is 9.39. The van der Waals surface area contributed by atoms with E-state index in [2.05, 4.69) is 5.16 Å². The molecule has 8 heteroatoms. The van der Waals surface area contributed by atoms with Crippen molar-refractivity contribution in [2.45, 2.75) is 43.9 Å². The molecule has 0 N–H and O–H groups in total. The number of ether oxygens (including phenoxy) is 1. The molecule has 3 nitrogen and oxygen atoms in total. The van der Waals surface area contributed by atoms with Gasteiger partial charge in [0.1, 0.15) is 12.4 Å². The van der Waals surface area contributed by atoms with E-state index in [1.54, 1.807) is 0 Å². The minimum Gasteiger partial charge on any atom is -0.490 e. The summed E-state index contributed by atoms with van der Waals surface area (Å²) in [5.74, 6) is -1.60. The Bertz CT molecular complexity index is 1260. The largest absolute Gasteiger partial charge is 0.490 e. The van der Waals surface area contributed by atoms with Crippen LogP contribution < -0.4 is 4.74 Å². The van der Waals surface area contributed by atoms with E-state index in [1.807, 2.05) is 30.3 Å². The summed E-state index contributed by atoms with van der Waals surface area (Å²) in [7, 11) is 0. The lowest BCUT2D eigenvalue weighted by molar-refractivity contribution is -0.137. The van der Waals surface area contributed by atoms with E-state index in [-0.39, 0.29) is 30.3 Å². The molecule has 2 atom stereocenters. The van der Waals surface area contributed by atoms with E-state index in [0.717, 1.165) is 35.5 Å². The molecule has 0 bridgehead atoms. The Morgan fingerprint density at radius 1 is 0.917 bits per heavy atom. The molecular formula is C28H24F5NO2. The van der Waals surface area contributed by atoms with E-state index in [9.17, 15) is 17.6 Å². The van der Waals surface area contributed by atoms with Gasteiger partial charge in [0.15, 0.2) is 11.6 Å². The smallest absolute Gasteiger partial charge is 0.416 e. The van der Waals surface area contributed by atoms with Crippen LogP contribution in [0.3, 0.4) is 0 Å². The van der Waals surface area contributed by atoms with Crippen LogP contribution in [0.1, 0.15) is 41.5 Å². The quantitative estimate of drug-likeness (QED) is 0.273. The van der Waals surface area contributed by atoms with Crippen molar-refractivity contribution in [2.75, 3.05) is 6.61 Å². The predicted molar refractivity (Wildman–Crippen MR) is 125 cm³/mol. The van der Waals surface area contributed by atoms with Crippen LogP contribution in [0.4, 0.5) is 22.0 Å². The number of halogens is 5. The third-order valence-corrected chi connectivity index (χ3v) is 7.18. The minimum absolute atomic E-state index is 0.112. The lowest BCUT2D eigenvalue weighted by atomic mass is 9.58. The standard InChI is InChI=1S/C28H24F5NO2/c29-23-10-11-24(30)26-25(23)27(15-18-6-8-20(9-7-18)28(31,32)33)13-12-22(14-21(27)17-35-26)34-36-16-19-4-2-1-3-5-19/h1-11,21H,12-17H2/b34-22+/t21-,27+/m1/s1. The van der Waals surface area contributed by atoms with Gasteiger partial charge in [-0.15, -0.1) is 0 Å². The monoisotopic (exact) mass is 501 g/mol. The number of fused-ring (bicyclic) bond motifs is 3. The van der Waals surface area contributed by atoms with Gasteiger partial charge in [-0.05, 0) is 61.1 Å². The van der Waals surface area contributed by atoms with Gasteiger partial charge in [-0.1, -0.05) is 47.6 Å². The van der Waals surface area contributed by atoms with Gasteiger partial charge in [0.25, 0.3) is 0 Å². The first-order valence-corrected chi connectivity index (χ1v) is 11.8. The Labute approximate surface area is 205 Å². The first-order valence-electron chi connectivity index (χ1n) is 11.8. The molecule has 1 heterocycles. The molecule has 1 fully saturated rings. The fraction of sp³-hybridized carbons (Fsp3) is 0.321. The van der Waals surface area contributed by atoms with Crippen LogP contribution >= 0.6 is 0 Å². The maximum absolute atomic E-state index is 15.2. The van der Waals surface area contributed by atoms with E-state index in [4.69, 9.17) is 9.57 Å². The SMILES string of the molecule is Fc1ccc(F)c2c1OC[C@H]1C/C(=N/OCc3ccccc3)CC[C@@]21Cc1ccc(C(F)(F)F)cc1. The highest BCUT2D eigenvalue weighted by Crippen LogP contribution is 2.53. The lowest BCUT2D eigenvalue weighted by Gasteiger charge is -2.48. The van der Waals surface area contributed by atoms with Crippen molar-refractivity contribution in [1.29, 1.82) is 0 Å². The van der Waals surface area contributed by atoms with Gasteiger partial charge in [0, 0.05) is 16.9 Å². The van der Waals surface area contributed by atoms with Gasteiger partial charge in [-0.3, -0.25) is 0 Å². The second kappa shape index (κ2) is 9.56. The summed E-state index contributed by atoms with van der Waals surface area (Å²) in [5, 5.41) is 4.31. The van der Waals surface area contributed by atoms with Crippen molar-refractivity contribution in [1.82, 2.24) is 0 Å². The summed E-state index contributed by atoms with van der Waals surface area (Å²) in [6, 6.07) is 16.6. The van der Waals surface area contributed by atoms with Gasteiger partial charge in [0.05, 0.1) is 17.9 Å². The van der Waals surface area contributed by atoms with Crippen molar-refractivity contribution < 1.29 is 31.5 Å². The van der Waals surface area contributed by atoms with Gasteiger partial charge < -0.3 is 9.57 Å². The average Bonchev–Trinajstić information content (AvgIpc) is 2.86. The van der Waals surface area contributed by atoms with Crippen LogP contribution in [-0.4, -0.2) is 12.3 Å². The van der Waals surface area contributed by atoms with Crippen molar-refractivity contribution in [3.63, 3.8) is 0 Å². The maximum Gasteiger partial charge on any atom is 0.416 e. The van der Waals surface area contributed by atoms with Crippen LogP contribution in [0.5, 0.6) is 5.75 Å². The Kier molecular flexibility index (Phi) is 6.45. The minimum atomic E-state index is -4.45. The molecule has 0 unspecified atom stereocenters. The second-order valence-corrected chi connectivity index (χ2v) is 9.39. The Morgan fingerprint density at radius 2 is 1.64 bits per heavy atom. The summed E-state index contributed by atoms with van der Waals surface area (Å²) < 4.78 is 74.7. The number of hydrogen-bond donors (Lipinski definition) is 0.